The quantitative estimate of drug-likeness (QED) is 0.704. The number of ether oxygens (including phenoxy) is 1. The van der Waals surface area contributed by atoms with Gasteiger partial charge >= 0.3 is 0 Å². The van der Waals surface area contributed by atoms with Gasteiger partial charge in [0, 0.05) is 38.6 Å². The third-order valence-corrected chi connectivity index (χ3v) is 4.48. The molecule has 1 saturated heterocycles. The fraction of sp³-hybridized carbons (Fsp3) is 0.846. The van der Waals surface area contributed by atoms with Gasteiger partial charge in [0.1, 0.15) is 0 Å². The number of fused-ring (bicyclic) bond motifs is 1. The number of hydrogen-bond donors (Lipinski definition) is 2. The second-order valence-electron chi connectivity index (χ2n) is 5.56. The largest absolute Gasteiger partial charge is 0.388 e. The lowest BCUT2D eigenvalue weighted by Gasteiger charge is -2.43. The third-order valence-electron chi connectivity index (χ3n) is 4.48. The molecule has 0 spiro atoms. The normalized spacial score (nSPS) is 40.4. The fourth-order valence-corrected chi connectivity index (χ4v) is 3.20. The van der Waals surface area contributed by atoms with E-state index in [2.05, 4.69) is 17.5 Å². The Morgan fingerprint density at radius 3 is 2.94 bits per heavy atom. The van der Waals surface area contributed by atoms with Crippen LogP contribution in [-0.2, 0) is 4.74 Å². The molecule has 2 aliphatic carbocycles. The first kappa shape index (κ1) is 10.8. The Balaban J connectivity index is 1.47. The fourth-order valence-electron chi connectivity index (χ4n) is 3.20. The van der Waals surface area contributed by atoms with E-state index in [9.17, 15) is 5.11 Å². The van der Waals surface area contributed by atoms with E-state index in [1.165, 1.54) is 12.8 Å². The SMILES string of the molecule is OC1(CNC2CC3CC=CC32)CCOCC1. The van der Waals surface area contributed by atoms with E-state index in [0.29, 0.717) is 19.3 Å². The monoisotopic (exact) mass is 223 g/mol. The van der Waals surface area contributed by atoms with E-state index in [-0.39, 0.29) is 0 Å². The zero-order valence-electron chi connectivity index (χ0n) is 9.69. The standard InChI is InChI=1S/C13H21NO2/c15-13(4-6-16-7-5-13)9-14-12-8-10-2-1-3-11(10)12/h1,3,10-12,14-15H,2,4-9H2. The molecule has 16 heavy (non-hydrogen) atoms. The summed E-state index contributed by atoms with van der Waals surface area (Å²) in [4.78, 5) is 0. The van der Waals surface area contributed by atoms with Crippen LogP contribution in [0.25, 0.3) is 0 Å². The zero-order chi connectivity index (χ0) is 11.0. The molecule has 1 aliphatic heterocycles. The van der Waals surface area contributed by atoms with Crippen molar-refractivity contribution in [2.24, 2.45) is 11.8 Å². The van der Waals surface area contributed by atoms with E-state index in [4.69, 9.17) is 4.74 Å². The van der Waals surface area contributed by atoms with E-state index in [1.54, 1.807) is 0 Å². The molecule has 0 aromatic heterocycles. The molecule has 3 unspecified atom stereocenters. The molecule has 1 heterocycles. The Morgan fingerprint density at radius 2 is 2.19 bits per heavy atom. The first-order valence-corrected chi connectivity index (χ1v) is 6.47. The lowest BCUT2D eigenvalue weighted by Crippen LogP contribution is -2.54. The molecule has 3 atom stereocenters. The van der Waals surface area contributed by atoms with Crippen molar-refractivity contribution in [2.75, 3.05) is 19.8 Å². The zero-order valence-corrected chi connectivity index (χ0v) is 9.69. The van der Waals surface area contributed by atoms with Crippen LogP contribution in [0.2, 0.25) is 0 Å². The molecule has 0 aromatic carbocycles. The van der Waals surface area contributed by atoms with Gasteiger partial charge in [-0.05, 0) is 24.7 Å². The summed E-state index contributed by atoms with van der Waals surface area (Å²) < 4.78 is 5.28. The highest BCUT2D eigenvalue weighted by molar-refractivity contribution is 5.13. The summed E-state index contributed by atoms with van der Waals surface area (Å²) in [5, 5.41) is 13.9. The topological polar surface area (TPSA) is 41.5 Å². The Kier molecular flexibility index (Phi) is 2.78. The molecule has 3 rings (SSSR count). The van der Waals surface area contributed by atoms with Crippen LogP contribution in [0.15, 0.2) is 12.2 Å². The summed E-state index contributed by atoms with van der Waals surface area (Å²) in [7, 11) is 0. The smallest absolute Gasteiger partial charge is 0.0815 e. The van der Waals surface area contributed by atoms with Crippen molar-refractivity contribution in [1.29, 1.82) is 0 Å². The van der Waals surface area contributed by atoms with Crippen molar-refractivity contribution in [3.63, 3.8) is 0 Å². The van der Waals surface area contributed by atoms with Crippen molar-refractivity contribution in [2.45, 2.75) is 37.3 Å². The van der Waals surface area contributed by atoms with Crippen LogP contribution in [0, 0.1) is 11.8 Å². The minimum atomic E-state index is -0.522. The molecular formula is C13H21NO2. The van der Waals surface area contributed by atoms with Crippen molar-refractivity contribution in [3.8, 4) is 0 Å². The van der Waals surface area contributed by atoms with Crippen molar-refractivity contribution in [3.05, 3.63) is 12.2 Å². The van der Waals surface area contributed by atoms with Gasteiger partial charge in [-0.3, -0.25) is 0 Å². The van der Waals surface area contributed by atoms with Gasteiger partial charge in [-0.1, -0.05) is 12.2 Å². The number of aliphatic hydroxyl groups is 1. The van der Waals surface area contributed by atoms with Crippen molar-refractivity contribution in [1.82, 2.24) is 5.32 Å². The van der Waals surface area contributed by atoms with Gasteiger partial charge in [0.2, 0.25) is 0 Å². The third kappa shape index (κ3) is 1.92. The van der Waals surface area contributed by atoms with Crippen molar-refractivity contribution >= 4 is 0 Å². The minimum Gasteiger partial charge on any atom is -0.388 e. The molecule has 2 fully saturated rings. The molecule has 0 radical (unpaired) electrons. The van der Waals surface area contributed by atoms with Gasteiger partial charge in [0.25, 0.3) is 0 Å². The van der Waals surface area contributed by atoms with Crippen LogP contribution < -0.4 is 5.32 Å². The maximum Gasteiger partial charge on any atom is 0.0815 e. The summed E-state index contributed by atoms with van der Waals surface area (Å²) in [6.07, 6.45) is 8.75. The summed E-state index contributed by atoms with van der Waals surface area (Å²) in [6, 6.07) is 0.607. The second-order valence-corrected chi connectivity index (χ2v) is 5.56. The van der Waals surface area contributed by atoms with Crippen molar-refractivity contribution < 1.29 is 9.84 Å². The van der Waals surface area contributed by atoms with Gasteiger partial charge in [-0.25, -0.2) is 0 Å². The van der Waals surface area contributed by atoms with Gasteiger partial charge in [0.05, 0.1) is 5.60 Å². The Labute approximate surface area is 96.9 Å². The van der Waals surface area contributed by atoms with Gasteiger partial charge in [-0.15, -0.1) is 0 Å². The van der Waals surface area contributed by atoms with Crippen LogP contribution in [0.3, 0.4) is 0 Å². The molecular weight excluding hydrogens is 202 g/mol. The highest BCUT2D eigenvalue weighted by atomic mass is 16.5. The highest BCUT2D eigenvalue weighted by Crippen LogP contribution is 2.42. The number of hydrogen-bond acceptors (Lipinski definition) is 3. The molecule has 0 bridgehead atoms. The van der Waals surface area contributed by atoms with E-state index in [1.807, 2.05) is 0 Å². The van der Waals surface area contributed by atoms with Crippen LogP contribution in [-0.4, -0.2) is 36.5 Å². The predicted molar refractivity (Wildman–Crippen MR) is 62.1 cm³/mol. The lowest BCUT2D eigenvalue weighted by atomic mass is 9.71. The molecule has 3 heteroatoms. The number of nitrogens with one attached hydrogen (secondary N) is 1. The van der Waals surface area contributed by atoms with E-state index >= 15 is 0 Å². The Morgan fingerprint density at radius 1 is 1.38 bits per heavy atom. The van der Waals surface area contributed by atoms with Crippen LogP contribution in [0.5, 0.6) is 0 Å². The lowest BCUT2D eigenvalue weighted by molar-refractivity contribution is -0.0658. The summed E-state index contributed by atoms with van der Waals surface area (Å²) in [5.74, 6) is 1.63. The summed E-state index contributed by atoms with van der Waals surface area (Å²) in [5.41, 5.74) is -0.522. The summed E-state index contributed by atoms with van der Waals surface area (Å²) >= 11 is 0. The van der Waals surface area contributed by atoms with Gasteiger partial charge in [0.15, 0.2) is 0 Å². The van der Waals surface area contributed by atoms with E-state index < -0.39 is 5.60 Å². The maximum atomic E-state index is 10.3. The summed E-state index contributed by atoms with van der Waals surface area (Å²) in [6.45, 7) is 2.14. The Bertz CT molecular complexity index is 284. The number of allylic oxidation sites excluding steroid dienone is 1. The predicted octanol–water partition coefficient (Wildman–Crippen LogP) is 1.08. The molecule has 3 nitrogen and oxygen atoms in total. The second kappa shape index (κ2) is 4.13. The van der Waals surface area contributed by atoms with Gasteiger partial charge < -0.3 is 15.2 Å². The van der Waals surface area contributed by atoms with Gasteiger partial charge in [-0.2, -0.15) is 0 Å². The maximum absolute atomic E-state index is 10.3. The van der Waals surface area contributed by atoms with Crippen LogP contribution in [0.4, 0.5) is 0 Å². The number of rotatable bonds is 3. The average molecular weight is 223 g/mol. The minimum absolute atomic E-state index is 0.522. The molecule has 2 N–H and O–H groups in total. The Hall–Kier alpha value is -0.380. The van der Waals surface area contributed by atoms with E-state index in [0.717, 1.165) is 31.2 Å². The molecule has 3 aliphatic rings. The highest BCUT2D eigenvalue weighted by Gasteiger charge is 2.42. The first-order valence-electron chi connectivity index (χ1n) is 6.47. The first-order chi connectivity index (χ1) is 7.77. The molecule has 90 valence electrons. The average Bonchev–Trinajstić information content (AvgIpc) is 2.61. The molecule has 0 aromatic rings. The molecule has 0 amide bonds. The van der Waals surface area contributed by atoms with Crippen LogP contribution in [0.1, 0.15) is 25.7 Å². The molecule has 1 saturated carbocycles. The van der Waals surface area contributed by atoms with Crippen LogP contribution >= 0.6 is 0 Å².